The lowest BCUT2D eigenvalue weighted by atomic mass is 9.95. The molecule has 2 unspecified atom stereocenters. The molecule has 2 atom stereocenters. The van der Waals surface area contributed by atoms with Crippen molar-refractivity contribution in [1.29, 1.82) is 0 Å². The zero-order valence-electron chi connectivity index (χ0n) is 27.4. The van der Waals surface area contributed by atoms with E-state index < -0.39 is 12.1 Å². The molecule has 0 bridgehead atoms. The number of hydrogen-bond donors (Lipinski definition) is 3. The first-order chi connectivity index (χ1) is 22.6. The molecule has 47 heavy (non-hydrogen) atoms. The fraction of sp³-hybridized carbons (Fsp3) is 0.343. The highest BCUT2D eigenvalue weighted by Crippen LogP contribution is 2.50. The molecule has 3 N–H and O–H groups in total. The van der Waals surface area contributed by atoms with Gasteiger partial charge in [0, 0.05) is 18.2 Å². The van der Waals surface area contributed by atoms with Crippen molar-refractivity contribution in [2.45, 2.75) is 52.2 Å². The van der Waals surface area contributed by atoms with Gasteiger partial charge in [0.25, 0.3) is 0 Å². The molecule has 3 aromatic carbocycles. The minimum atomic E-state index is -0.725. The minimum Gasteiger partial charge on any atom is -0.493 e. The summed E-state index contributed by atoms with van der Waals surface area (Å²) < 4.78 is 18.9. The van der Waals surface area contributed by atoms with Crippen LogP contribution in [-0.2, 0) is 22.6 Å². The Balaban J connectivity index is 1.50. The van der Waals surface area contributed by atoms with Crippen LogP contribution in [0.2, 0.25) is 0 Å². The van der Waals surface area contributed by atoms with Crippen LogP contribution in [0.3, 0.4) is 0 Å². The lowest BCUT2D eigenvalue weighted by Gasteiger charge is -2.22. The summed E-state index contributed by atoms with van der Waals surface area (Å²) in [6.45, 7) is 5.84. The number of methoxy groups -OCH3 is 3. The van der Waals surface area contributed by atoms with E-state index in [1.807, 2.05) is 50.2 Å². The first-order valence-corrected chi connectivity index (χ1v) is 15.4. The van der Waals surface area contributed by atoms with Crippen LogP contribution in [0.4, 0.5) is 11.4 Å². The van der Waals surface area contributed by atoms with Gasteiger partial charge in [0.1, 0.15) is 18.7 Å². The van der Waals surface area contributed by atoms with Crippen molar-refractivity contribution < 1.29 is 23.8 Å². The largest absolute Gasteiger partial charge is 0.493 e. The maximum absolute atomic E-state index is 13.8. The molecule has 246 valence electrons. The van der Waals surface area contributed by atoms with Gasteiger partial charge in [-0.15, -0.1) is 0 Å². The van der Waals surface area contributed by atoms with Crippen molar-refractivity contribution in [3.8, 4) is 28.4 Å². The zero-order chi connectivity index (χ0) is 33.7. The van der Waals surface area contributed by atoms with E-state index in [0.717, 1.165) is 16.7 Å². The molecule has 0 fully saturated rings. The first-order valence-electron chi connectivity index (χ1n) is 15.4. The van der Waals surface area contributed by atoms with Crippen molar-refractivity contribution >= 4 is 23.2 Å². The standard InChI is InChI=1S/C35H40N6O6/c1-20(2)32(35(44)39-24-10-7-22(8-11-24)17-41-19-36-18-37-41)40-28-14-12-25-26(16-29(28)43)27(38-21(3)42)13-9-23-15-30(45-4)33(46-5)34(47-6)31(23)25/h7-8,10-12,14-16,18-20,27,32H,9,13,17H2,1-6H3,(H,38,42)(H,39,44)(H,40,43). The second-order valence-corrected chi connectivity index (χ2v) is 11.7. The van der Waals surface area contributed by atoms with Crippen LogP contribution < -0.4 is 35.6 Å². The monoisotopic (exact) mass is 640 g/mol. The topological polar surface area (TPSA) is 146 Å². The number of anilines is 2. The predicted octanol–water partition coefficient (Wildman–Crippen LogP) is 4.58. The molecule has 1 heterocycles. The van der Waals surface area contributed by atoms with Gasteiger partial charge >= 0.3 is 0 Å². The maximum atomic E-state index is 13.8. The van der Waals surface area contributed by atoms with E-state index in [9.17, 15) is 14.4 Å². The Labute approximate surface area is 273 Å². The number of ether oxygens (including phenoxy) is 3. The molecular formula is C35H40N6O6. The number of fused-ring (bicyclic) bond motifs is 3. The van der Waals surface area contributed by atoms with E-state index in [1.165, 1.54) is 26.4 Å². The van der Waals surface area contributed by atoms with Crippen molar-refractivity contribution in [1.82, 2.24) is 20.1 Å². The van der Waals surface area contributed by atoms with Gasteiger partial charge in [-0.25, -0.2) is 9.67 Å². The quantitative estimate of drug-likeness (QED) is 0.215. The van der Waals surface area contributed by atoms with E-state index in [4.69, 9.17) is 14.2 Å². The number of hydrogen-bond acceptors (Lipinski definition) is 9. The number of carbonyl (C=O) groups is 2. The van der Waals surface area contributed by atoms with Crippen molar-refractivity contribution in [3.05, 3.63) is 88.1 Å². The Kier molecular flexibility index (Phi) is 10.1. The second-order valence-electron chi connectivity index (χ2n) is 11.7. The molecule has 0 aliphatic heterocycles. The lowest BCUT2D eigenvalue weighted by Crippen LogP contribution is -2.39. The molecule has 1 aliphatic carbocycles. The number of amides is 2. The molecular weight excluding hydrogens is 600 g/mol. The number of benzene rings is 2. The predicted molar refractivity (Wildman–Crippen MR) is 179 cm³/mol. The zero-order valence-corrected chi connectivity index (χ0v) is 27.4. The van der Waals surface area contributed by atoms with Gasteiger partial charge in [-0.1, -0.05) is 32.0 Å². The summed E-state index contributed by atoms with van der Waals surface area (Å²) in [4.78, 5) is 43.6. The molecule has 5 rings (SSSR count). The van der Waals surface area contributed by atoms with Crippen LogP contribution in [0.15, 0.2) is 66.0 Å². The third-order valence-corrected chi connectivity index (χ3v) is 8.21. The van der Waals surface area contributed by atoms with Crippen LogP contribution in [0.25, 0.3) is 11.1 Å². The smallest absolute Gasteiger partial charge is 0.247 e. The fourth-order valence-electron chi connectivity index (χ4n) is 5.94. The van der Waals surface area contributed by atoms with Crippen LogP contribution in [0.1, 0.15) is 49.9 Å². The number of rotatable bonds is 11. The fourth-order valence-corrected chi connectivity index (χ4v) is 5.94. The second kappa shape index (κ2) is 14.4. The summed E-state index contributed by atoms with van der Waals surface area (Å²) in [5.41, 5.74) is 4.58. The third-order valence-electron chi connectivity index (χ3n) is 8.21. The lowest BCUT2D eigenvalue weighted by molar-refractivity contribution is -0.120. The Morgan fingerprint density at radius 1 is 1.00 bits per heavy atom. The van der Waals surface area contributed by atoms with Gasteiger partial charge in [-0.05, 0) is 71.3 Å². The van der Waals surface area contributed by atoms with Crippen LogP contribution in [-0.4, -0.2) is 54.0 Å². The average Bonchev–Trinajstić information content (AvgIpc) is 3.45. The summed E-state index contributed by atoms with van der Waals surface area (Å²) in [5, 5.41) is 13.3. The molecule has 0 saturated carbocycles. The summed E-state index contributed by atoms with van der Waals surface area (Å²) >= 11 is 0. The SMILES string of the molecule is COc1cc2c(c(OC)c1OC)-c1ccc(NC(C(=O)Nc3ccc(Cn4cncn4)cc3)C(C)C)c(=O)cc1C(NC(C)=O)CC2. The summed E-state index contributed by atoms with van der Waals surface area (Å²) in [5.74, 6) is 0.754. The van der Waals surface area contributed by atoms with E-state index in [1.54, 1.807) is 31.3 Å². The van der Waals surface area contributed by atoms with E-state index in [0.29, 0.717) is 53.4 Å². The van der Waals surface area contributed by atoms with Crippen LogP contribution in [0.5, 0.6) is 17.2 Å². The molecule has 0 spiro atoms. The molecule has 12 heteroatoms. The molecule has 0 radical (unpaired) electrons. The maximum Gasteiger partial charge on any atom is 0.247 e. The van der Waals surface area contributed by atoms with Gasteiger partial charge in [-0.2, -0.15) is 5.10 Å². The van der Waals surface area contributed by atoms with Crippen LogP contribution >= 0.6 is 0 Å². The number of aryl methyl sites for hydroxylation is 1. The number of nitrogens with zero attached hydrogens (tertiary/aromatic N) is 3. The summed E-state index contributed by atoms with van der Waals surface area (Å²) in [6.07, 6.45) is 4.25. The Hall–Kier alpha value is -5.39. The normalized spacial score (nSPS) is 14.2. The van der Waals surface area contributed by atoms with E-state index in [-0.39, 0.29) is 28.8 Å². The van der Waals surface area contributed by atoms with Gasteiger partial charge in [0.05, 0.1) is 39.6 Å². The highest BCUT2D eigenvalue weighted by molar-refractivity contribution is 5.96. The van der Waals surface area contributed by atoms with Crippen molar-refractivity contribution in [2.24, 2.45) is 5.92 Å². The molecule has 1 aliphatic rings. The van der Waals surface area contributed by atoms with E-state index in [2.05, 4.69) is 26.0 Å². The summed E-state index contributed by atoms with van der Waals surface area (Å²) in [6, 6.07) is 13.3. The minimum absolute atomic E-state index is 0.158. The Morgan fingerprint density at radius 2 is 1.74 bits per heavy atom. The molecule has 2 amide bonds. The third kappa shape index (κ3) is 7.21. The molecule has 12 nitrogen and oxygen atoms in total. The van der Waals surface area contributed by atoms with E-state index >= 15 is 0 Å². The summed E-state index contributed by atoms with van der Waals surface area (Å²) in [7, 11) is 4.66. The van der Waals surface area contributed by atoms with Crippen molar-refractivity contribution in [2.75, 3.05) is 32.0 Å². The Bertz CT molecular complexity index is 1810. The van der Waals surface area contributed by atoms with Crippen LogP contribution in [0, 0.1) is 5.92 Å². The highest BCUT2D eigenvalue weighted by Gasteiger charge is 2.30. The first kappa shape index (κ1) is 33.0. The number of nitrogens with one attached hydrogen (secondary N) is 3. The van der Waals surface area contributed by atoms with Gasteiger partial charge in [0.15, 0.2) is 11.5 Å². The Morgan fingerprint density at radius 3 is 2.36 bits per heavy atom. The molecule has 1 aromatic heterocycles. The molecule has 0 saturated heterocycles. The number of aromatic nitrogens is 3. The number of carbonyl (C=O) groups excluding carboxylic acids is 2. The molecule has 4 aromatic rings. The van der Waals surface area contributed by atoms with Gasteiger partial charge in [-0.3, -0.25) is 14.4 Å². The average molecular weight is 641 g/mol. The van der Waals surface area contributed by atoms with Gasteiger partial charge < -0.3 is 30.2 Å². The van der Waals surface area contributed by atoms with Gasteiger partial charge in [0.2, 0.25) is 23.0 Å². The van der Waals surface area contributed by atoms with Crippen molar-refractivity contribution in [3.63, 3.8) is 0 Å². The highest BCUT2D eigenvalue weighted by atomic mass is 16.5.